The van der Waals surface area contributed by atoms with Gasteiger partial charge in [-0.1, -0.05) is 240 Å². The van der Waals surface area contributed by atoms with Gasteiger partial charge in [-0.3, -0.25) is 23.4 Å². The van der Waals surface area contributed by atoms with Crippen molar-refractivity contribution < 1.29 is 52.2 Å². The van der Waals surface area contributed by atoms with Gasteiger partial charge < -0.3 is 24.2 Å². The predicted octanol–water partition coefficient (Wildman–Crippen LogP) is 18.0. The Bertz CT molecular complexity index is 1640. The topological polar surface area (TPSA) is 155 Å². The van der Waals surface area contributed by atoms with Gasteiger partial charge in [0.15, 0.2) is 6.10 Å². The lowest BCUT2D eigenvalue weighted by molar-refractivity contribution is -0.161. The molecule has 11 nitrogen and oxygen atoms in total. The van der Waals surface area contributed by atoms with Crippen LogP contribution in [-0.2, 0) is 42.2 Å². The summed E-state index contributed by atoms with van der Waals surface area (Å²) in [5.74, 6) is -1.58. The molecule has 3 unspecified atom stereocenters. The highest BCUT2D eigenvalue weighted by molar-refractivity contribution is 7.47. The summed E-state index contributed by atoms with van der Waals surface area (Å²) in [5.41, 5.74) is 0. The zero-order chi connectivity index (χ0) is 55.5. The minimum atomic E-state index is -4.78. The van der Waals surface area contributed by atoms with Crippen molar-refractivity contribution in [3.05, 3.63) is 97.2 Å². The molecule has 3 atom stereocenters. The van der Waals surface area contributed by atoms with Crippen LogP contribution in [0.4, 0.5) is 0 Å². The number of phosphoric acid groups is 1. The third-order valence-corrected chi connectivity index (χ3v) is 13.5. The standard InChI is InChI=1S/C64H109O11P/c1-4-7-10-13-16-19-22-25-28-29-30-31-34-37-40-43-46-49-52-55-64(68)75-61(57-71-62(66)53-50-47-44-41-38-35-32-26-23-20-17-14-11-8-5-2)59-73-76(69,70)72-58-60(56-65)74-63(67)54-51-48-45-42-39-36-33-27-24-21-18-15-12-9-6-3/h7,10,16-17,19-20,25-26,28,30-32,37,40,46,49,60-61,65H,4-6,8-9,11-15,18,21-24,27,29,33-36,38-39,41-45,47-48,50-59H2,1-3H3,(H,69,70)/b10-7-,19-16-,20-17-,28-25-,31-30-,32-26-,40-37-,49-46-. The molecule has 436 valence electrons. The first-order valence-electron chi connectivity index (χ1n) is 30.1. The minimum Gasteiger partial charge on any atom is -0.462 e. The average molecular weight is 1090 g/mol. The van der Waals surface area contributed by atoms with E-state index >= 15 is 0 Å². The summed E-state index contributed by atoms with van der Waals surface area (Å²) < 4.78 is 39.5. The van der Waals surface area contributed by atoms with Gasteiger partial charge in [0, 0.05) is 19.3 Å². The van der Waals surface area contributed by atoms with E-state index in [-0.39, 0.29) is 25.9 Å². The van der Waals surface area contributed by atoms with Crippen molar-refractivity contribution >= 4 is 25.7 Å². The Morgan fingerprint density at radius 3 is 1.16 bits per heavy atom. The number of hydrogen-bond donors (Lipinski definition) is 2. The van der Waals surface area contributed by atoms with Gasteiger partial charge >= 0.3 is 25.7 Å². The lowest BCUT2D eigenvalue weighted by atomic mass is 10.0. The number of hydrogen-bond acceptors (Lipinski definition) is 10. The summed E-state index contributed by atoms with van der Waals surface area (Å²) in [4.78, 5) is 48.6. The van der Waals surface area contributed by atoms with Crippen LogP contribution in [0.3, 0.4) is 0 Å². The van der Waals surface area contributed by atoms with E-state index in [9.17, 15) is 28.9 Å². The van der Waals surface area contributed by atoms with Crippen LogP contribution >= 0.6 is 7.82 Å². The van der Waals surface area contributed by atoms with Crippen LogP contribution in [0.5, 0.6) is 0 Å². The lowest BCUT2D eigenvalue weighted by Crippen LogP contribution is -2.30. The molecule has 12 heteroatoms. The number of carbonyl (C=O) groups excluding carboxylic acids is 3. The molecule has 0 saturated heterocycles. The summed E-state index contributed by atoms with van der Waals surface area (Å²) in [6.45, 7) is 4.42. The summed E-state index contributed by atoms with van der Waals surface area (Å²) in [6, 6.07) is 0. The number of unbranched alkanes of at least 4 members (excludes halogenated alkanes) is 22. The first-order valence-corrected chi connectivity index (χ1v) is 31.6. The molecule has 0 spiro atoms. The van der Waals surface area contributed by atoms with Crippen molar-refractivity contribution in [3.8, 4) is 0 Å². The maximum Gasteiger partial charge on any atom is 0.472 e. The Balaban J connectivity index is 4.84. The van der Waals surface area contributed by atoms with E-state index in [4.69, 9.17) is 23.3 Å². The maximum atomic E-state index is 12.9. The number of ether oxygens (including phenoxy) is 3. The molecule has 0 aliphatic heterocycles. The number of carbonyl (C=O) groups is 3. The van der Waals surface area contributed by atoms with Crippen LogP contribution in [0, 0.1) is 0 Å². The van der Waals surface area contributed by atoms with E-state index in [1.165, 1.54) is 89.9 Å². The highest BCUT2D eigenvalue weighted by atomic mass is 31.2. The third kappa shape index (κ3) is 55.2. The highest BCUT2D eigenvalue weighted by Crippen LogP contribution is 2.43. The van der Waals surface area contributed by atoms with Gasteiger partial charge in [0.1, 0.15) is 12.7 Å². The lowest BCUT2D eigenvalue weighted by Gasteiger charge is -2.21. The van der Waals surface area contributed by atoms with Crippen LogP contribution in [0.25, 0.3) is 0 Å². The molecule has 0 radical (unpaired) electrons. The zero-order valence-corrected chi connectivity index (χ0v) is 49.1. The van der Waals surface area contributed by atoms with Crippen molar-refractivity contribution in [3.63, 3.8) is 0 Å². The van der Waals surface area contributed by atoms with E-state index in [1.54, 1.807) is 0 Å². The number of phosphoric ester groups is 1. The van der Waals surface area contributed by atoms with Gasteiger partial charge in [0.2, 0.25) is 0 Å². The van der Waals surface area contributed by atoms with Gasteiger partial charge in [0.25, 0.3) is 0 Å². The maximum absolute atomic E-state index is 12.9. The van der Waals surface area contributed by atoms with Gasteiger partial charge in [-0.25, -0.2) is 4.57 Å². The number of rotatable bonds is 55. The number of aliphatic hydroxyl groups excluding tert-OH is 1. The molecule has 0 aliphatic rings. The average Bonchev–Trinajstić information content (AvgIpc) is 3.41. The van der Waals surface area contributed by atoms with Crippen LogP contribution in [-0.4, -0.2) is 66.5 Å². The second kappa shape index (κ2) is 57.6. The SMILES string of the molecule is CC/C=C\C/C=C\C/C=C\C/C=C\C/C=C\C/C=C\CCC(=O)OC(COC(=O)CCCCCCC/C=C\C/C=C\CCCCC)COP(=O)(O)OCC(CO)OC(=O)CCCCCCCCCCCCCCCCC. The minimum absolute atomic E-state index is 0.0365. The molecule has 0 saturated carbocycles. The van der Waals surface area contributed by atoms with Crippen molar-refractivity contribution in [2.24, 2.45) is 0 Å². The molecule has 76 heavy (non-hydrogen) atoms. The zero-order valence-electron chi connectivity index (χ0n) is 48.2. The Hall–Kier alpha value is -3.60. The molecular formula is C64H109O11P. The largest absolute Gasteiger partial charge is 0.472 e. The molecule has 0 heterocycles. The fourth-order valence-electron chi connectivity index (χ4n) is 7.94. The quantitative estimate of drug-likeness (QED) is 0.0197. The van der Waals surface area contributed by atoms with Crippen molar-refractivity contribution in [2.45, 2.75) is 264 Å². The van der Waals surface area contributed by atoms with E-state index < -0.39 is 57.8 Å². The molecule has 0 aromatic heterocycles. The summed E-state index contributed by atoms with van der Waals surface area (Å²) in [6.07, 6.45) is 68.0. The molecule has 0 aliphatic carbocycles. The van der Waals surface area contributed by atoms with Crippen LogP contribution < -0.4 is 0 Å². The second-order valence-electron chi connectivity index (χ2n) is 19.8. The normalized spacial score (nSPS) is 14.0. The smallest absolute Gasteiger partial charge is 0.462 e. The molecule has 0 rings (SSSR count). The Morgan fingerprint density at radius 2 is 0.711 bits per heavy atom. The van der Waals surface area contributed by atoms with E-state index in [1.807, 2.05) is 12.2 Å². The predicted molar refractivity (Wildman–Crippen MR) is 316 cm³/mol. The van der Waals surface area contributed by atoms with Crippen LogP contribution in [0.1, 0.15) is 252 Å². The van der Waals surface area contributed by atoms with E-state index in [2.05, 4.69) is 106 Å². The molecule has 0 aromatic carbocycles. The Labute approximate surface area is 463 Å². The van der Waals surface area contributed by atoms with E-state index in [0.29, 0.717) is 25.7 Å². The first kappa shape index (κ1) is 72.4. The van der Waals surface area contributed by atoms with Gasteiger partial charge in [-0.15, -0.1) is 0 Å². The Morgan fingerprint density at radius 1 is 0.382 bits per heavy atom. The first-order chi connectivity index (χ1) is 37.2. The molecule has 0 fully saturated rings. The van der Waals surface area contributed by atoms with Crippen LogP contribution in [0.2, 0.25) is 0 Å². The monoisotopic (exact) mass is 1080 g/mol. The van der Waals surface area contributed by atoms with Crippen molar-refractivity contribution in [1.29, 1.82) is 0 Å². The summed E-state index contributed by atoms with van der Waals surface area (Å²) in [7, 11) is -4.78. The van der Waals surface area contributed by atoms with Gasteiger partial charge in [-0.05, 0) is 89.9 Å². The molecule has 2 N–H and O–H groups in total. The molecule has 0 bridgehead atoms. The van der Waals surface area contributed by atoms with Crippen molar-refractivity contribution in [1.82, 2.24) is 0 Å². The van der Waals surface area contributed by atoms with Crippen molar-refractivity contribution in [2.75, 3.05) is 26.4 Å². The molecule has 0 aromatic rings. The van der Waals surface area contributed by atoms with Crippen LogP contribution in [0.15, 0.2) is 97.2 Å². The van der Waals surface area contributed by atoms with E-state index in [0.717, 1.165) is 96.3 Å². The molecule has 0 amide bonds. The third-order valence-electron chi connectivity index (χ3n) is 12.5. The Kier molecular flexibility index (Phi) is 54.8. The molecular weight excluding hydrogens is 976 g/mol. The number of aliphatic hydroxyl groups is 1. The fourth-order valence-corrected chi connectivity index (χ4v) is 8.73. The highest BCUT2D eigenvalue weighted by Gasteiger charge is 2.28. The van der Waals surface area contributed by atoms with Gasteiger partial charge in [0.05, 0.1) is 19.8 Å². The summed E-state index contributed by atoms with van der Waals surface area (Å²) >= 11 is 0. The van der Waals surface area contributed by atoms with Gasteiger partial charge in [-0.2, -0.15) is 0 Å². The fraction of sp³-hybridized carbons (Fsp3) is 0.703. The number of esters is 3. The second-order valence-corrected chi connectivity index (χ2v) is 21.2. The summed E-state index contributed by atoms with van der Waals surface area (Å²) in [5, 5.41) is 9.83. The number of allylic oxidation sites excluding steroid dienone is 16.